The van der Waals surface area contributed by atoms with E-state index in [2.05, 4.69) is 24.8 Å². The number of piperidine rings is 2. The Kier molecular flexibility index (Phi) is 5.43. The first-order valence-corrected chi connectivity index (χ1v) is 10.1. The number of aromatic nitrogens is 3. The molecule has 5 nitrogen and oxygen atoms in total. The first-order chi connectivity index (χ1) is 13.1. The molecule has 2 aromatic heterocycles. The van der Waals surface area contributed by atoms with E-state index < -0.39 is 0 Å². The molecule has 2 aromatic rings. The molecule has 2 fully saturated rings. The molecule has 0 aromatic carbocycles. The quantitative estimate of drug-likeness (QED) is 0.790. The fraction of sp³-hybridized carbons (Fsp3) is 0.550. The van der Waals surface area contributed by atoms with Gasteiger partial charge in [0.05, 0.1) is 11.2 Å². The molecule has 2 aliphatic rings. The topological polar surface area (TPSA) is 45.2 Å². The third-order valence-corrected chi connectivity index (χ3v) is 6.15. The van der Waals surface area contributed by atoms with Gasteiger partial charge in [0.1, 0.15) is 11.6 Å². The van der Waals surface area contributed by atoms with Crippen molar-refractivity contribution >= 4 is 23.2 Å². The zero-order valence-electron chi connectivity index (χ0n) is 15.6. The van der Waals surface area contributed by atoms with Crippen LogP contribution in [0.3, 0.4) is 0 Å². The number of anilines is 2. The molecule has 27 heavy (non-hydrogen) atoms. The van der Waals surface area contributed by atoms with Crippen LogP contribution in [-0.4, -0.2) is 41.1 Å². The van der Waals surface area contributed by atoms with Gasteiger partial charge in [0, 0.05) is 32.4 Å². The molecule has 4 heterocycles. The van der Waals surface area contributed by atoms with Crippen LogP contribution < -0.4 is 9.80 Å². The molecular weight excluding hydrogens is 365 g/mol. The van der Waals surface area contributed by atoms with Gasteiger partial charge in [-0.15, -0.1) is 0 Å². The Morgan fingerprint density at radius 3 is 2.15 bits per heavy atom. The van der Waals surface area contributed by atoms with Crippen LogP contribution in [0.4, 0.5) is 16.0 Å². The van der Waals surface area contributed by atoms with Crippen molar-refractivity contribution in [2.24, 2.45) is 11.8 Å². The van der Waals surface area contributed by atoms with Gasteiger partial charge >= 0.3 is 0 Å². The molecular formula is C20H25ClFN5. The van der Waals surface area contributed by atoms with Crippen LogP contribution in [0, 0.1) is 24.6 Å². The van der Waals surface area contributed by atoms with Crippen LogP contribution in [0.5, 0.6) is 0 Å². The average molecular weight is 390 g/mol. The molecule has 0 unspecified atom stereocenters. The molecule has 4 rings (SSSR count). The summed E-state index contributed by atoms with van der Waals surface area (Å²) in [4.78, 5) is 17.1. The number of aryl methyl sites for hydroxylation is 1. The van der Waals surface area contributed by atoms with E-state index in [0.717, 1.165) is 50.8 Å². The summed E-state index contributed by atoms with van der Waals surface area (Å²) >= 11 is 5.93. The van der Waals surface area contributed by atoms with Gasteiger partial charge in [-0.1, -0.05) is 11.6 Å². The van der Waals surface area contributed by atoms with Crippen LogP contribution >= 0.6 is 11.6 Å². The van der Waals surface area contributed by atoms with Crippen LogP contribution in [0.25, 0.3) is 0 Å². The first-order valence-electron chi connectivity index (χ1n) is 9.71. The van der Waals surface area contributed by atoms with Crippen molar-refractivity contribution in [3.63, 3.8) is 0 Å². The largest absolute Gasteiger partial charge is 0.357 e. The highest BCUT2D eigenvalue weighted by atomic mass is 35.5. The Bertz CT molecular complexity index is 768. The number of nitrogens with zero attached hydrogens (tertiary/aromatic N) is 5. The summed E-state index contributed by atoms with van der Waals surface area (Å²) in [5, 5.41) is 0.677. The lowest BCUT2D eigenvalue weighted by Gasteiger charge is -2.40. The Morgan fingerprint density at radius 2 is 1.56 bits per heavy atom. The second-order valence-corrected chi connectivity index (χ2v) is 8.01. The van der Waals surface area contributed by atoms with E-state index in [1.165, 1.54) is 19.0 Å². The Hall–Kier alpha value is -1.95. The predicted molar refractivity (Wildman–Crippen MR) is 106 cm³/mol. The highest BCUT2D eigenvalue weighted by Crippen LogP contribution is 2.34. The van der Waals surface area contributed by atoms with Gasteiger partial charge in [-0.25, -0.2) is 19.3 Å². The van der Waals surface area contributed by atoms with Crippen molar-refractivity contribution in [2.45, 2.75) is 32.6 Å². The Balaban J connectivity index is 1.30. The molecule has 0 spiro atoms. The number of rotatable bonds is 3. The molecule has 2 saturated heterocycles. The minimum absolute atomic E-state index is 0.317. The normalized spacial score (nSPS) is 19.5. The molecule has 7 heteroatoms. The lowest BCUT2D eigenvalue weighted by Crippen LogP contribution is -2.41. The minimum atomic E-state index is -0.317. The van der Waals surface area contributed by atoms with E-state index in [-0.39, 0.29) is 5.82 Å². The minimum Gasteiger partial charge on any atom is -0.357 e. The third-order valence-electron chi connectivity index (χ3n) is 5.93. The molecule has 2 aliphatic heterocycles. The summed E-state index contributed by atoms with van der Waals surface area (Å²) in [7, 11) is 0. The van der Waals surface area contributed by atoms with E-state index >= 15 is 0 Å². The van der Waals surface area contributed by atoms with Gasteiger partial charge in [0.25, 0.3) is 0 Å². The molecule has 0 atom stereocenters. The van der Waals surface area contributed by atoms with Gasteiger partial charge in [-0.3, -0.25) is 0 Å². The molecule has 0 bridgehead atoms. The van der Waals surface area contributed by atoms with Crippen molar-refractivity contribution in [3.05, 3.63) is 41.2 Å². The number of pyridine rings is 1. The second-order valence-electron chi connectivity index (χ2n) is 7.57. The summed E-state index contributed by atoms with van der Waals surface area (Å²) in [6.07, 6.45) is 7.58. The molecule has 0 radical (unpaired) electrons. The van der Waals surface area contributed by atoms with Crippen LogP contribution in [0.15, 0.2) is 24.5 Å². The van der Waals surface area contributed by atoms with E-state index in [0.29, 0.717) is 22.6 Å². The fourth-order valence-corrected chi connectivity index (χ4v) is 4.51. The molecule has 0 N–H and O–H groups in total. The number of hydrogen-bond donors (Lipinski definition) is 0. The Morgan fingerprint density at radius 1 is 0.926 bits per heavy atom. The van der Waals surface area contributed by atoms with Crippen molar-refractivity contribution in [2.75, 3.05) is 36.0 Å². The Labute approximate surface area is 164 Å². The smallest absolute Gasteiger partial charge is 0.183 e. The highest BCUT2D eigenvalue weighted by molar-refractivity contribution is 6.30. The fourth-order valence-electron chi connectivity index (χ4n) is 4.40. The summed E-state index contributed by atoms with van der Waals surface area (Å²) in [6.45, 7) is 5.63. The second kappa shape index (κ2) is 7.97. The van der Waals surface area contributed by atoms with Crippen molar-refractivity contribution in [3.8, 4) is 0 Å². The lowest BCUT2D eigenvalue weighted by molar-refractivity contribution is 0.232. The maximum atomic E-state index is 14.0. The van der Waals surface area contributed by atoms with E-state index in [9.17, 15) is 4.39 Å². The maximum Gasteiger partial charge on any atom is 0.183 e. The van der Waals surface area contributed by atoms with Crippen LogP contribution in [0.1, 0.15) is 31.5 Å². The first kappa shape index (κ1) is 18.4. The van der Waals surface area contributed by atoms with Crippen LogP contribution in [-0.2, 0) is 0 Å². The van der Waals surface area contributed by atoms with Gasteiger partial charge in [-0.05, 0) is 56.6 Å². The maximum absolute atomic E-state index is 14.0. The van der Waals surface area contributed by atoms with Crippen molar-refractivity contribution in [1.29, 1.82) is 0 Å². The van der Waals surface area contributed by atoms with E-state index in [4.69, 9.17) is 11.6 Å². The lowest BCUT2D eigenvalue weighted by atomic mass is 9.79. The number of halogens is 2. The summed E-state index contributed by atoms with van der Waals surface area (Å²) in [6, 6.07) is 3.90. The summed E-state index contributed by atoms with van der Waals surface area (Å²) in [5.74, 6) is 3.24. The van der Waals surface area contributed by atoms with Crippen LogP contribution in [0.2, 0.25) is 5.02 Å². The predicted octanol–water partition coefficient (Wildman–Crippen LogP) is 4.11. The van der Waals surface area contributed by atoms with E-state index in [1.807, 2.05) is 12.1 Å². The standard InChI is InChI=1S/C20H25ClFN5/c1-14-23-13-18(22)20(25-14)27-10-6-16(7-11-27)15-4-8-26(9-5-15)19-3-2-17(21)12-24-19/h2-3,12-13,15-16H,4-11H2,1H3. The van der Waals surface area contributed by atoms with Gasteiger partial charge < -0.3 is 9.80 Å². The van der Waals surface area contributed by atoms with Crippen molar-refractivity contribution < 1.29 is 4.39 Å². The summed E-state index contributed by atoms with van der Waals surface area (Å²) < 4.78 is 14.0. The average Bonchev–Trinajstić information content (AvgIpc) is 2.71. The van der Waals surface area contributed by atoms with Gasteiger partial charge in [-0.2, -0.15) is 0 Å². The molecule has 0 aliphatic carbocycles. The molecule has 0 saturated carbocycles. The summed E-state index contributed by atoms with van der Waals surface area (Å²) in [5.41, 5.74) is 0. The van der Waals surface area contributed by atoms with E-state index in [1.54, 1.807) is 13.1 Å². The zero-order valence-corrected chi connectivity index (χ0v) is 16.4. The molecule has 144 valence electrons. The highest BCUT2D eigenvalue weighted by Gasteiger charge is 2.31. The number of hydrogen-bond acceptors (Lipinski definition) is 5. The molecule has 0 amide bonds. The van der Waals surface area contributed by atoms with Crippen molar-refractivity contribution in [1.82, 2.24) is 15.0 Å². The monoisotopic (exact) mass is 389 g/mol. The zero-order chi connectivity index (χ0) is 18.8. The van der Waals surface area contributed by atoms with Gasteiger partial charge in [0.15, 0.2) is 11.6 Å². The third kappa shape index (κ3) is 4.15. The van der Waals surface area contributed by atoms with Gasteiger partial charge in [0.2, 0.25) is 0 Å². The SMILES string of the molecule is Cc1ncc(F)c(N2CCC(C3CCN(c4ccc(Cl)cn4)CC3)CC2)n1.